The molecular weight excluding hydrogens is 230 g/mol. The Morgan fingerprint density at radius 2 is 2.18 bits per heavy atom. The summed E-state index contributed by atoms with van der Waals surface area (Å²) in [7, 11) is 0. The predicted octanol–water partition coefficient (Wildman–Crippen LogP) is 2.83. The van der Waals surface area contributed by atoms with E-state index in [9.17, 15) is 0 Å². The number of hydrogen-bond acceptors (Lipinski definition) is 4. The van der Waals surface area contributed by atoms with Crippen molar-refractivity contribution in [2.75, 3.05) is 5.32 Å². The van der Waals surface area contributed by atoms with Gasteiger partial charge in [-0.1, -0.05) is 26.0 Å². The zero-order valence-corrected chi connectivity index (χ0v) is 10.9. The zero-order chi connectivity index (χ0) is 12.0. The van der Waals surface area contributed by atoms with Crippen LogP contribution in [0, 0.1) is 5.41 Å². The average molecular weight is 247 g/mol. The highest BCUT2D eigenvalue weighted by molar-refractivity contribution is 7.11. The molecule has 2 unspecified atom stereocenters. The van der Waals surface area contributed by atoms with Crippen molar-refractivity contribution in [2.45, 2.75) is 32.4 Å². The number of hydrogen-bond donors (Lipinski definition) is 2. The Morgan fingerprint density at radius 1 is 1.41 bits per heavy atom. The maximum Gasteiger partial charge on any atom is 0.117 e. The minimum absolute atomic E-state index is 0.172. The van der Waals surface area contributed by atoms with Gasteiger partial charge < -0.3 is 11.1 Å². The van der Waals surface area contributed by atoms with Gasteiger partial charge in [0, 0.05) is 22.9 Å². The fraction of sp³-hybridized carbons (Fsp3) is 0.462. The molecule has 1 fully saturated rings. The van der Waals surface area contributed by atoms with Crippen LogP contribution in [0.3, 0.4) is 0 Å². The Labute approximate surface area is 105 Å². The van der Waals surface area contributed by atoms with Gasteiger partial charge in [0.25, 0.3) is 0 Å². The van der Waals surface area contributed by atoms with Crippen LogP contribution in [0.25, 0.3) is 10.9 Å². The second kappa shape index (κ2) is 3.68. The van der Waals surface area contributed by atoms with E-state index in [-0.39, 0.29) is 5.41 Å². The average Bonchev–Trinajstić information content (AvgIpc) is 2.72. The minimum atomic E-state index is 0.172. The highest BCUT2D eigenvalue weighted by atomic mass is 32.1. The maximum atomic E-state index is 6.04. The first-order valence-corrected chi connectivity index (χ1v) is 6.73. The van der Waals surface area contributed by atoms with Crippen molar-refractivity contribution >= 4 is 27.4 Å². The molecule has 3 N–H and O–H groups in total. The van der Waals surface area contributed by atoms with Crippen molar-refractivity contribution in [1.29, 1.82) is 0 Å². The van der Waals surface area contributed by atoms with E-state index in [0.717, 1.165) is 11.9 Å². The molecule has 1 saturated carbocycles. The van der Waals surface area contributed by atoms with Crippen LogP contribution in [-0.2, 0) is 0 Å². The summed E-state index contributed by atoms with van der Waals surface area (Å²) >= 11 is 1.54. The first-order chi connectivity index (χ1) is 8.09. The minimum Gasteiger partial charge on any atom is -0.372 e. The van der Waals surface area contributed by atoms with Crippen LogP contribution >= 0.6 is 11.5 Å². The van der Waals surface area contributed by atoms with E-state index >= 15 is 0 Å². The van der Waals surface area contributed by atoms with Crippen LogP contribution in [0.5, 0.6) is 0 Å². The molecule has 17 heavy (non-hydrogen) atoms. The molecule has 1 aromatic carbocycles. The van der Waals surface area contributed by atoms with Crippen LogP contribution in [-0.4, -0.2) is 16.5 Å². The number of rotatable bonds is 2. The zero-order valence-electron chi connectivity index (χ0n) is 10.1. The molecule has 2 atom stereocenters. The molecule has 3 nitrogen and oxygen atoms in total. The summed E-state index contributed by atoms with van der Waals surface area (Å²) in [5, 5.41) is 5.99. The lowest BCUT2D eigenvalue weighted by molar-refractivity contribution is 0.117. The van der Waals surface area contributed by atoms with Crippen molar-refractivity contribution < 1.29 is 0 Å². The lowest BCUT2D eigenvalue weighted by Gasteiger charge is -2.50. The lowest BCUT2D eigenvalue weighted by atomic mass is 9.63. The fourth-order valence-electron chi connectivity index (χ4n) is 2.36. The maximum absolute atomic E-state index is 6.04. The van der Waals surface area contributed by atoms with Crippen LogP contribution < -0.4 is 11.1 Å². The van der Waals surface area contributed by atoms with Crippen molar-refractivity contribution in [3.8, 4) is 0 Å². The van der Waals surface area contributed by atoms with Crippen molar-refractivity contribution in [3.05, 3.63) is 24.3 Å². The molecule has 1 aliphatic rings. The SMILES string of the molecule is CC1(C)C(N)CC1Nc1snc2ccccc12. The standard InChI is InChI=1S/C13H17N3S/c1-13(2)10(14)7-11(13)15-12-8-5-3-4-6-9(8)16-17-12/h3-6,10-11,15H,7,14H2,1-2H3. The first-order valence-electron chi connectivity index (χ1n) is 5.95. The Morgan fingerprint density at radius 3 is 2.88 bits per heavy atom. The third-order valence-corrected chi connectivity index (χ3v) is 4.84. The topological polar surface area (TPSA) is 50.9 Å². The molecule has 1 heterocycles. The molecule has 0 aliphatic heterocycles. The third kappa shape index (κ3) is 1.63. The molecule has 3 rings (SSSR count). The van der Waals surface area contributed by atoms with E-state index in [2.05, 4.69) is 41.7 Å². The van der Waals surface area contributed by atoms with Gasteiger partial charge in [0.2, 0.25) is 0 Å². The number of benzene rings is 1. The Balaban J connectivity index is 1.87. The van der Waals surface area contributed by atoms with Gasteiger partial charge in [0.05, 0.1) is 5.52 Å². The van der Waals surface area contributed by atoms with Gasteiger partial charge >= 0.3 is 0 Å². The van der Waals surface area contributed by atoms with E-state index in [1.165, 1.54) is 10.4 Å². The van der Waals surface area contributed by atoms with E-state index < -0.39 is 0 Å². The lowest BCUT2D eigenvalue weighted by Crippen LogP contribution is -2.60. The summed E-state index contributed by atoms with van der Waals surface area (Å²) in [6.45, 7) is 4.45. The summed E-state index contributed by atoms with van der Waals surface area (Å²) in [5.74, 6) is 0. The van der Waals surface area contributed by atoms with Crippen LogP contribution in [0.1, 0.15) is 20.3 Å². The van der Waals surface area contributed by atoms with E-state index in [0.29, 0.717) is 12.1 Å². The molecule has 2 aromatic rings. The van der Waals surface area contributed by atoms with Gasteiger partial charge in [-0.2, -0.15) is 4.37 Å². The Hall–Kier alpha value is -1.13. The second-order valence-electron chi connectivity index (χ2n) is 5.39. The Bertz CT molecular complexity index is 546. The van der Waals surface area contributed by atoms with Gasteiger partial charge in [-0.15, -0.1) is 0 Å². The highest BCUT2D eigenvalue weighted by Crippen LogP contribution is 2.42. The largest absolute Gasteiger partial charge is 0.372 e. The summed E-state index contributed by atoms with van der Waals surface area (Å²) in [6, 6.07) is 9.01. The number of anilines is 1. The summed E-state index contributed by atoms with van der Waals surface area (Å²) in [5.41, 5.74) is 7.28. The smallest absolute Gasteiger partial charge is 0.117 e. The molecule has 1 aromatic heterocycles. The number of fused-ring (bicyclic) bond motifs is 1. The molecule has 1 aliphatic carbocycles. The van der Waals surface area contributed by atoms with Crippen molar-refractivity contribution in [2.24, 2.45) is 11.1 Å². The van der Waals surface area contributed by atoms with Crippen molar-refractivity contribution in [3.63, 3.8) is 0 Å². The monoisotopic (exact) mass is 247 g/mol. The molecule has 0 bridgehead atoms. The molecule has 90 valence electrons. The fourth-order valence-corrected chi connectivity index (χ4v) is 3.17. The van der Waals surface area contributed by atoms with Crippen LogP contribution in [0.15, 0.2) is 24.3 Å². The molecule has 4 heteroatoms. The number of nitrogens with one attached hydrogen (secondary N) is 1. The molecule has 0 saturated heterocycles. The van der Waals surface area contributed by atoms with Crippen LogP contribution in [0.4, 0.5) is 5.00 Å². The summed E-state index contributed by atoms with van der Waals surface area (Å²) in [4.78, 5) is 0. The normalized spacial score (nSPS) is 26.8. The van der Waals surface area contributed by atoms with Gasteiger partial charge in [0.15, 0.2) is 0 Å². The summed E-state index contributed by atoms with van der Waals surface area (Å²) < 4.78 is 4.44. The predicted molar refractivity (Wildman–Crippen MR) is 73.4 cm³/mol. The molecule has 0 spiro atoms. The molecular formula is C13H17N3S. The summed E-state index contributed by atoms with van der Waals surface area (Å²) in [6.07, 6.45) is 1.04. The van der Waals surface area contributed by atoms with Crippen molar-refractivity contribution in [1.82, 2.24) is 4.37 Å². The molecule has 0 amide bonds. The number of nitrogens with two attached hydrogens (primary N) is 1. The first kappa shape index (κ1) is 11.0. The Kier molecular flexibility index (Phi) is 2.38. The van der Waals surface area contributed by atoms with Gasteiger partial charge in [-0.3, -0.25) is 0 Å². The van der Waals surface area contributed by atoms with E-state index in [1.54, 1.807) is 11.5 Å². The highest BCUT2D eigenvalue weighted by Gasteiger charge is 2.46. The van der Waals surface area contributed by atoms with E-state index in [4.69, 9.17) is 5.73 Å². The van der Waals surface area contributed by atoms with Crippen LogP contribution in [0.2, 0.25) is 0 Å². The third-order valence-electron chi connectivity index (χ3n) is 4.03. The molecule has 0 radical (unpaired) electrons. The van der Waals surface area contributed by atoms with E-state index in [1.807, 2.05) is 6.07 Å². The van der Waals surface area contributed by atoms with Gasteiger partial charge in [-0.05, 0) is 30.1 Å². The quantitative estimate of drug-likeness (QED) is 0.858. The second-order valence-corrected chi connectivity index (χ2v) is 6.16. The number of aromatic nitrogens is 1. The van der Waals surface area contributed by atoms with Gasteiger partial charge in [0.1, 0.15) is 5.00 Å². The number of nitrogens with zero attached hydrogens (tertiary/aromatic N) is 1. The van der Waals surface area contributed by atoms with Gasteiger partial charge in [-0.25, -0.2) is 0 Å².